The van der Waals surface area contributed by atoms with Gasteiger partial charge >= 0.3 is 0 Å². The third kappa shape index (κ3) is 4.18. The standard InChI is InChI=1S/C23H27N3O3S/c1-16(18-6-4-3-5-7-18)12-20(27)25-10-8-23(29,9-11-25)14-26-15-24-21-17(2)30-13-19(21)22(26)28/h3-7,13,15-16,29H,8-12,14H2,1-2H3/t16-/m1/s1. The summed E-state index contributed by atoms with van der Waals surface area (Å²) in [6.45, 7) is 5.21. The number of rotatable bonds is 5. The highest BCUT2D eigenvalue weighted by molar-refractivity contribution is 7.11. The number of aryl methyl sites for hydroxylation is 1. The van der Waals surface area contributed by atoms with Crippen molar-refractivity contribution in [1.82, 2.24) is 14.5 Å². The van der Waals surface area contributed by atoms with E-state index in [0.717, 1.165) is 16.0 Å². The molecule has 0 saturated carbocycles. The van der Waals surface area contributed by atoms with Gasteiger partial charge in [-0.25, -0.2) is 4.98 Å². The number of carbonyl (C=O) groups excluding carboxylic acids is 1. The third-order valence-corrected chi connectivity index (χ3v) is 7.02. The molecule has 7 heteroatoms. The molecular weight excluding hydrogens is 398 g/mol. The van der Waals surface area contributed by atoms with Crippen LogP contribution in [0.1, 0.15) is 42.5 Å². The van der Waals surface area contributed by atoms with Gasteiger partial charge < -0.3 is 10.0 Å². The van der Waals surface area contributed by atoms with E-state index in [4.69, 9.17) is 0 Å². The molecule has 30 heavy (non-hydrogen) atoms. The van der Waals surface area contributed by atoms with Gasteiger partial charge in [-0.2, -0.15) is 0 Å². The minimum absolute atomic E-state index is 0.113. The van der Waals surface area contributed by atoms with E-state index in [9.17, 15) is 14.7 Å². The Labute approximate surface area is 179 Å². The van der Waals surface area contributed by atoms with Crippen LogP contribution in [0.4, 0.5) is 0 Å². The van der Waals surface area contributed by atoms with Gasteiger partial charge in [0, 0.05) is 29.8 Å². The van der Waals surface area contributed by atoms with Gasteiger partial charge in [0.05, 0.1) is 29.4 Å². The monoisotopic (exact) mass is 425 g/mol. The maximum Gasteiger partial charge on any atom is 0.262 e. The largest absolute Gasteiger partial charge is 0.388 e. The molecule has 1 aromatic carbocycles. The number of aliphatic hydroxyl groups is 1. The van der Waals surface area contributed by atoms with Crippen molar-refractivity contribution in [3.63, 3.8) is 0 Å². The number of benzene rings is 1. The van der Waals surface area contributed by atoms with Crippen LogP contribution in [0.25, 0.3) is 10.9 Å². The van der Waals surface area contributed by atoms with Crippen molar-refractivity contribution in [2.75, 3.05) is 13.1 Å². The smallest absolute Gasteiger partial charge is 0.262 e. The number of aromatic nitrogens is 2. The highest BCUT2D eigenvalue weighted by Crippen LogP contribution is 2.27. The Balaban J connectivity index is 1.38. The number of amides is 1. The van der Waals surface area contributed by atoms with Gasteiger partial charge in [0.1, 0.15) is 0 Å². The molecule has 0 unspecified atom stereocenters. The normalized spacial score (nSPS) is 17.2. The lowest BCUT2D eigenvalue weighted by Gasteiger charge is -2.38. The Hall–Kier alpha value is -2.51. The topological polar surface area (TPSA) is 75.4 Å². The van der Waals surface area contributed by atoms with Crippen molar-refractivity contribution in [2.24, 2.45) is 0 Å². The molecule has 3 aromatic rings. The lowest BCUT2D eigenvalue weighted by Crippen LogP contribution is -2.49. The fourth-order valence-electron chi connectivity index (χ4n) is 4.15. The number of nitrogens with zero attached hydrogens (tertiary/aromatic N) is 3. The Morgan fingerprint density at radius 2 is 1.97 bits per heavy atom. The van der Waals surface area contributed by atoms with Gasteiger partial charge in [-0.1, -0.05) is 37.3 Å². The van der Waals surface area contributed by atoms with Gasteiger partial charge in [0.25, 0.3) is 5.56 Å². The van der Waals surface area contributed by atoms with Crippen LogP contribution in [-0.2, 0) is 11.3 Å². The van der Waals surface area contributed by atoms with Crippen molar-refractivity contribution >= 4 is 28.1 Å². The van der Waals surface area contributed by atoms with E-state index >= 15 is 0 Å². The molecule has 0 aliphatic carbocycles. The van der Waals surface area contributed by atoms with Crippen molar-refractivity contribution < 1.29 is 9.90 Å². The molecule has 0 spiro atoms. The van der Waals surface area contributed by atoms with E-state index in [1.54, 1.807) is 0 Å². The highest BCUT2D eigenvalue weighted by Gasteiger charge is 2.35. The third-order valence-electron chi connectivity index (χ3n) is 6.12. The fourth-order valence-corrected chi connectivity index (χ4v) is 4.93. The first-order valence-corrected chi connectivity index (χ1v) is 11.2. The van der Waals surface area contributed by atoms with Gasteiger partial charge in [-0.05, 0) is 31.2 Å². The molecule has 1 N–H and O–H groups in total. The number of piperidine rings is 1. The van der Waals surface area contributed by atoms with Crippen molar-refractivity contribution in [3.8, 4) is 0 Å². The highest BCUT2D eigenvalue weighted by atomic mass is 32.1. The van der Waals surface area contributed by atoms with Crippen LogP contribution >= 0.6 is 11.3 Å². The van der Waals surface area contributed by atoms with Gasteiger partial charge in [-0.15, -0.1) is 11.3 Å². The van der Waals surface area contributed by atoms with Crippen LogP contribution in [0.3, 0.4) is 0 Å². The zero-order valence-corrected chi connectivity index (χ0v) is 18.2. The summed E-state index contributed by atoms with van der Waals surface area (Å²) in [4.78, 5) is 32.7. The minimum atomic E-state index is -1.01. The summed E-state index contributed by atoms with van der Waals surface area (Å²) in [6.07, 6.45) is 2.89. The Morgan fingerprint density at radius 1 is 1.27 bits per heavy atom. The second-order valence-corrected chi connectivity index (χ2v) is 9.44. The van der Waals surface area contributed by atoms with Crippen LogP contribution < -0.4 is 5.56 Å². The summed E-state index contributed by atoms with van der Waals surface area (Å²) in [5.74, 6) is 0.271. The first kappa shape index (κ1) is 20.8. The summed E-state index contributed by atoms with van der Waals surface area (Å²) in [6, 6.07) is 10.0. The second kappa shape index (κ2) is 8.32. The van der Waals surface area contributed by atoms with E-state index in [-0.39, 0.29) is 23.9 Å². The number of carbonyl (C=O) groups is 1. The molecule has 3 heterocycles. The van der Waals surface area contributed by atoms with Crippen LogP contribution in [0, 0.1) is 6.92 Å². The quantitative estimate of drug-likeness (QED) is 0.681. The summed E-state index contributed by atoms with van der Waals surface area (Å²) in [5.41, 5.74) is 0.769. The first-order chi connectivity index (χ1) is 14.4. The number of thiophene rings is 1. The number of likely N-dealkylation sites (tertiary alicyclic amines) is 1. The molecule has 6 nitrogen and oxygen atoms in total. The number of hydrogen-bond donors (Lipinski definition) is 1. The van der Waals surface area contributed by atoms with Gasteiger partial charge in [-0.3, -0.25) is 14.2 Å². The molecule has 1 fully saturated rings. The predicted molar refractivity (Wildman–Crippen MR) is 119 cm³/mol. The molecule has 1 saturated heterocycles. The molecule has 158 valence electrons. The van der Waals surface area contributed by atoms with Crippen molar-refractivity contribution in [3.05, 3.63) is 62.8 Å². The summed E-state index contributed by atoms with van der Waals surface area (Å²) >= 11 is 1.51. The van der Waals surface area contributed by atoms with Gasteiger partial charge in [0.2, 0.25) is 5.91 Å². The maximum absolute atomic E-state index is 12.7. The lowest BCUT2D eigenvalue weighted by atomic mass is 9.90. The number of fused-ring (bicyclic) bond motifs is 1. The first-order valence-electron chi connectivity index (χ1n) is 10.3. The Morgan fingerprint density at radius 3 is 2.67 bits per heavy atom. The molecule has 1 amide bonds. The zero-order valence-electron chi connectivity index (χ0n) is 17.4. The molecule has 0 bridgehead atoms. The minimum Gasteiger partial charge on any atom is -0.388 e. The van der Waals surface area contributed by atoms with Crippen molar-refractivity contribution in [1.29, 1.82) is 0 Å². The lowest BCUT2D eigenvalue weighted by molar-refractivity contribution is -0.136. The molecule has 2 aromatic heterocycles. The van der Waals surface area contributed by atoms with E-state index in [0.29, 0.717) is 37.7 Å². The molecule has 0 radical (unpaired) electrons. The SMILES string of the molecule is Cc1scc2c(=O)n(CC3(O)CCN(C(=O)C[C@@H](C)c4ccccc4)CC3)cnc12. The average Bonchev–Trinajstić information content (AvgIpc) is 3.12. The van der Waals surface area contributed by atoms with Crippen LogP contribution in [0.5, 0.6) is 0 Å². The summed E-state index contributed by atoms with van der Waals surface area (Å²) < 4.78 is 1.50. The van der Waals surface area contributed by atoms with E-state index < -0.39 is 5.60 Å². The van der Waals surface area contributed by atoms with E-state index in [2.05, 4.69) is 11.9 Å². The number of hydrogen-bond acceptors (Lipinski definition) is 5. The Bertz CT molecular complexity index is 1100. The predicted octanol–water partition coefficient (Wildman–Crippen LogP) is 3.31. The van der Waals surface area contributed by atoms with E-state index in [1.807, 2.05) is 47.5 Å². The zero-order chi connectivity index (χ0) is 21.3. The maximum atomic E-state index is 12.7. The molecule has 1 aliphatic heterocycles. The van der Waals surface area contributed by atoms with Crippen LogP contribution in [0.2, 0.25) is 0 Å². The average molecular weight is 426 g/mol. The molecule has 1 aliphatic rings. The van der Waals surface area contributed by atoms with E-state index in [1.165, 1.54) is 22.2 Å². The van der Waals surface area contributed by atoms with Crippen molar-refractivity contribution in [2.45, 2.75) is 51.2 Å². The molecular formula is C23H27N3O3S. The van der Waals surface area contributed by atoms with Crippen LogP contribution in [-0.4, -0.2) is 44.2 Å². The second-order valence-electron chi connectivity index (χ2n) is 8.35. The fraction of sp³-hybridized carbons (Fsp3) is 0.435. The van der Waals surface area contributed by atoms with Crippen LogP contribution in [0.15, 0.2) is 46.8 Å². The molecule has 1 atom stereocenters. The van der Waals surface area contributed by atoms with Gasteiger partial charge in [0.15, 0.2) is 0 Å². The molecule has 4 rings (SSSR count). The summed E-state index contributed by atoms with van der Waals surface area (Å²) in [7, 11) is 0. The summed E-state index contributed by atoms with van der Waals surface area (Å²) in [5, 5.41) is 13.5. The Kier molecular flexibility index (Phi) is 5.75.